The number of carbonyl (C=O) groups excluding carboxylic acids is 3. The van der Waals surface area contributed by atoms with E-state index in [0.29, 0.717) is 6.54 Å². The molecule has 6 nitrogen and oxygen atoms in total. The highest BCUT2D eigenvalue weighted by Gasteiger charge is 2.40. The number of nitrogens with zero attached hydrogens (tertiary/aromatic N) is 1. The van der Waals surface area contributed by atoms with E-state index in [0.717, 1.165) is 31.2 Å². The molecule has 0 spiro atoms. The normalized spacial score (nSPS) is 21.3. The van der Waals surface area contributed by atoms with Crippen LogP contribution in [0.1, 0.15) is 44.6 Å². The highest BCUT2D eigenvalue weighted by atomic mass is 19.1. The third-order valence-electron chi connectivity index (χ3n) is 5.30. The molecular weight excluding hydrogens is 351 g/mol. The van der Waals surface area contributed by atoms with Crippen LogP contribution in [0.3, 0.4) is 0 Å². The lowest BCUT2D eigenvalue weighted by Gasteiger charge is -2.24. The molecule has 2 aliphatic rings. The van der Waals surface area contributed by atoms with E-state index < -0.39 is 23.9 Å². The van der Waals surface area contributed by atoms with E-state index in [1.165, 1.54) is 19.1 Å². The Kier molecular flexibility index (Phi) is 6.08. The van der Waals surface area contributed by atoms with Gasteiger partial charge in [0.05, 0.1) is 5.92 Å². The van der Waals surface area contributed by atoms with Crippen LogP contribution in [0.15, 0.2) is 24.3 Å². The highest BCUT2D eigenvalue weighted by molar-refractivity contribution is 5.89. The van der Waals surface area contributed by atoms with Gasteiger partial charge in [-0.25, -0.2) is 4.39 Å². The van der Waals surface area contributed by atoms with E-state index in [-0.39, 0.29) is 30.7 Å². The Bertz CT molecular complexity index is 700. The number of rotatable bonds is 6. The van der Waals surface area contributed by atoms with E-state index >= 15 is 0 Å². The topological polar surface area (TPSA) is 75.7 Å². The second-order valence-electron chi connectivity index (χ2n) is 7.31. The predicted octanol–water partition coefficient (Wildman–Crippen LogP) is 2.16. The summed E-state index contributed by atoms with van der Waals surface area (Å²) in [5.41, 5.74) is 0.747. The summed E-state index contributed by atoms with van der Waals surface area (Å²) < 4.78 is 18.2. The van der Waals surface area contributed by atoms with Crippen LogP contribution in [0.4, 0.5) is 4.39 Å². The van der Waals surface area contributed by atoms with Crippen LogP contribution in [-0.4, -0.2) is 41.4 Å². The lowest BCUT2D eigenvalue weighted by atomic mass is 10.1. The summed E-state index contributed by atoms with van der Waals surface area (Å²) in [5, 5.41) is 2.66. The van der Waals surface area contributed by atoms with E-state index in [1.54, 1.807) is 17.0 Å². The molecule has 1 aromatic rings. The minimum Gasteiger partial charge on any atom is -0.452 e. The number of amides is 2. The number of carbonyl (C=O) groups is 3. The lowest BCUT2D eigenvalue weighted by molar-refractivity contribution is -0.158. The van der Waals surface area contributed by atoms with E-state index in [2.05, 4.69) is 5.32 Å². The Balaban J connectivity index is 1.46. The largest absolute Gasteiger partial charge is 0.452 e. The molecule has 2 atom stereocenters. The molecule has 0 radical (unpaired) electrons. The van der Waals surface area contributed by atoms with Gasteiger partial charge >= 0.3 is 5.97 Å². The summed E-state index contributed by atoms with van der Waals surface area (Å²) in [5.74, 6) is -1.79. The zero-order valence-corrected chi connectivity index (χ0v) is 15.4. The van der Waals surface area contributed by atoms with Crippen LogP contribution in [0.25, 0.3) is 0 Å². The lowest BCUT2D eigenvalue weighted by Crippen LogP contribution is -2.38. The van der Waals surface area contributed by atoms with Crippen molar-refractivity contribution in [3.8, 4) is 0 Å². The average molecular weight is 376 g/mol. The van der Waals surface area contributed by atoms with Crippen molar-refractivity contribution in [2.24, 2.45) is 5.92 Å². The maximum Gasteiger partial charge on any atom is 0.312 e. The summed E-state index contributed by atoms with van der Waals surface area (Å²) in [7, 11) is 0. The van der Waals surface area contributed by atoms with Crippen molar-refractivity contribution in [1.82, 2.24) is 10.2 Å². The number of halogens is 1. The third kappa shape index (κ3) is 4.84. The van der Waals surface area contributed by atoms with Gasteiger partial charge in [0.15, 0.2) is 6.10 Å². The molecule has 3 rings (SSSR count). The number of esters is 1. The van der Waals surface area contributed by atoms with Crippen LogP contribution >= 0.6 is 0 Å². The average Bonchev–Trinajstić information content (AvgIpc) is 3.30. The third-order valence-corrected chi connectivity index (χ3v) is 5.30. The van der Waals surface area contributed by atoms with Gasteiger partial charge in [-0.3, -0.25) is 14.4 Å². The molecule has 1 aliphatic carbocycles. The van der Waals surface area contributed by atoms with Crippen molar-refractivity contribution in [2.45, 2.75) is 57.7 Å². The minimum absolute atomic E-state index is 0.00253. The van der Waals surface area contributed by atoms with Gasteiger partial charge in [-0.15, -0.1) is 0 Å². The second kappa shape index (κ2) is 8.50. The number of likely N-dealkylation sites (tertiary alicyclic amines) is 1. The second-order valence-corrected chi connectivity index (χ2v) is 7.31. The summed E-state index contributed by atoms with van der Waals surface area (Å²) in [6.45, 7) is 2.11. The van der Waals surface area contributed by atoms with E-state index in [1.807, 2.05) is 0 Å². The smallest absolute Gasteiger partial charge is 0.312 e. The van der Waals surface area contributed by atoms with Crippen LogP contribution in [-0.2, 0) is 25.7 Å². The van der Waals surface area contributed by atoms with Crippen molar-refractivity contribution in [2.75, 3.05) is 6.54 Å². The molecule has 27 heavy (non-hydrogen) atoms. The molecule has 0 unspecified atom stereocenters. The van der Waals surface area contributed by atoms with Crippen molar-refractivity contribution < 1.29 is 23.5 Å². The molecule has 1 saturated heterocycles. The van der Waals surface area contributed by atoms with Gasteiger partial charge < -0.3 is 15.0 Å². The summed E-state index contributed by atoms with van der Waals surface area (Å²) in [6, 6.07) is 6.03. The molecule has 1 aliphatic heterocycles. The summed E-state index contributed by atoms with van der Waals surface area (Å²) >= 11 is 0. The number of ether oxygens (including phenoxy) is 1. The first-order valence-corrected chi connectivity index (χ1v) is 9.46. The minimum atomic E-state index is -0.950. The van der Waals surface area contributed by atoms with Crippen LogP contribution in [0, 0.1) is 11.7 Å². The number of benzene rings is 1. The summed E-state index contributed by atoms with van der Waals surface area (Å²) in [6.07, 6.45) is 3.43. The molecule has 7 heteroatoms. The first-order chi connectivity index (χ1) is 12.9. The first kappa shape index (κ1) is 19.3. The Morgan fingerprint density at radius 1 is 1.26 bits per heavy atom. The zero-order valence-electron chi connectivity index (χ0n) is 15.4. The molecule has 146 valence electrons. The molecular formula is C20H25FN2O4. The van der Waals surface area contributed by atoms with Crippen molar-refractivity contribution in [3.05, 3.63) is 35.6 Å². The monoisotopic (exact) mass is 376 g/mol. The number of nitrogens with one attached hydrogen (secondary N) is 1. The fourth-order valence-corrected chi connectivity index (χ4v) is 3.72. The van der Waals surface area contributed by atoms with Crippen molar-refractivity contribution in [1.29, 1.82) is 0 Å². The molecule has 1 saturated carbocycles. The highest BCUT2D eigenvalue weighted by Crippen LogP contribution is 2.30. The van der Waals surface area contributed by atoms with Crippen LogP contribution < -0.4 is 5.32 Å². The van der Waals surface area contributed by atoms with E-state index in [9.17, 15) is 18.8 Å². The maximum absolute atomic E-state index is 12.9. The Labute approximate surface area is 158 Å². The van der Waals surface area contributed by atoms with Gasteiger partial charge in [0.1, 0.15) is 5.82 Å². The first-order valence-electron chi connectivity index (χ1n) is 9.46. The standard InChI is InChI=1S/C20H25FN2O4/c1-13(19(25)22-11-14-6-8-16(21)9-7-14)27-20(26)15-10-18(24)23(12-15)17-4-2-3-5-17/h6-9,13,15,17H,2-5,10-12H2,1H3,(H,22,25)/t13-,15+/m0/s1. The van der Waals surface area contributed by atoms with Gasteiger partial charge in [-0.2, -0.15) is 0 Å². The molecule has 1 N–H and O–H groups in total. The van der Waals surface area contributed by atoms with E-state index in [4.69, 9.17) is 4.74 Å². The molecule has 2 fully saturated rings. The Morgan fingerprint density at radius 3 is 2.59 bits per heavy atom. The van der Waals surface area contributed by atoms with Crippen molar-refractivity contribution >= 4 is 17.8 Å². The zero-order chi connectivity index (χ0) is 19.4. The van der Waals surface area contributed by atoms with Gasteiger partial charge in [-0.05, 0) is 37.5 Å². The fourth-order valence-electron chi connectivity index (χ4n) is 3.72. The molecule has 0 bridgehead atoms. The van der Waals surface area contributed by atoms with Crippen LogP contribution in [0.5, 0.6) is 0 Å². The molecule has 1 aromatic carbocycles. The van der Waals surface area contributed by atoms with Gasteiger partial charge in [-0.1, -0.05) is 25.0 Å². The SMILES string of the molecule is C[C@H](OC(=O)[C@@H]1CC(=O)N(C2CCCC2)C1)C(=O)NCc1ccc(F)cc1. The van der Waals surface area contributed by atoms with Gasteiger partial charge in [0, 0.05) is 25.6 Å². The number of hydrogen-bond donors (Lipinski definition) is 1. The molecule has 2 amide bonds. The van der Waals surface area contributed by atoms with Crippen LogP contribution in [0.2, 0.25) is 0 Å². The quantitative estimate of drug-likeness (QED) is 0.772. The maximum atomic E-state index is 12.9. The van der Waals surface area contributed by atoms with Gasteiger partial charge in [0.2, 0.25) is 5.91 Å². The Morgan fingerprint density at radius 2 is 1.93 bits per heavy atom. The molecule has 0 aromatic heterocycles. The Hall–Kier alpha value is -2.44. The van der Waals surface area contributed by atoms with Crippen molar-refractivity contribution in [3.63, 3.8) is 0 Å². The summed E-state index contributed by atoms with van der Waals surface area (Å²) in [4.78, 5) is 38.5. The fraction of sp³-hybridized carbons (Fsp3) is 0.550. The number of hydrogen-bond acceptors (Lipinski definition) is 4. The van der Waals surface area contributed by atoms with Gasteiger partial charge in [0.25, 0.3) is 5.91 Å². The molecule has 1 heterocycles. The predicted molar refractivity (Wildman–Crippen MR) is 95.9 cm³/mol.